The van der Waals surface area contributed by atoms with E-state index < -0.39 is 0 Å². The van der Waals surface area contributed by atoms with Gasteiger partial charge in [0.25, 0.3) is 0 Å². The van der Waals surface area contributed by atoms with E-state index >= 15 is 0 Å². The zero-order chi connectivity index (χ0) is 19.3. The number of hydrogen-bond acceptors (Lipinski definition) is 6. The van der Waals surface area contributed by atoms with Gasteiger partial charge in [0.15, 0.2) is 11.7 Å². The quantitative estimate of drug-likeness (QED) is 0.709. The molecule has 144 valence electrons. The zero-order valence-corrected chi connectivity index (χ0v) is 15.6. The Balaban J connectivity index is 1.39. The fraction of sp³-hybridized carbons (Fsp3) is 0.400. The van der Waals surface area contributed by atoms with Crippen LogP contribution in [0.5, 0.6) is 0 Å². The van der Waals surface area contributed by atoms with Gasteiger partial charge in [-0.2, -0.15) is 0 Å². The first-order valence-corrected chi connectivity index (χ1v) is 9.61. The van der Waals surface area contributed by atoms with Crippen LogP contribution in [0.3, 0.4) is 0 Å². The average Bonchev–Trinajstić information content (AvgIpc) is 3.22. The Morgan fingerprint density at radius 1 is 1.21 bits per heavy atom. The monoisotopic (exact) mass is 378 g/mol. The summed E-state index contributed by atoms with van der Waals surface area (Å²) in [6.45, 7) is 1.81. The molecule has 2 fully saturated rings. The summed E-state index contributed by atoms with van der Waals surface area (Å²) in [6.07, 6.45) is 7.17. The number of fused-ring (bicyclic) bond motifs is 3. The number of urea groups is 1. The van der Waals surface area contributed by atoms with E-state index in [0.29, 0.717) is 17.6 Å². The van der Waals surface area contributed by atoms with Crippen molar-refractivity contribution in [3.63, 3.8) is 0 Å². The second-order valence-electron chi connectivity index (χ2n) is 7.66. The molecule has 2 aliphatic heterocycles. The summed E-state index contributed by atoms with van der Waals surface area (Å²) >= 11 is 0. The van der Waals surface area contributed by atoms with Gasteiger partial charge in [-0.05, 0) is 31.7 Å². The second kappa shape index (κ2) is 6.56. The van der Waals surface area contributed by atoms with E-state index in [2.05, 4.69) is 20.3 Å². The van der Waals surface area contributed by atoms with Crippen LogP contribution in [0.4, 0.5) is 10.7 Å². The maximum absolute atomic E-state index is 12.8. The Hall–Kier alpha value is -3.00. The van der Waals surface area contributed by atoms with Gasteiger partial charge in [0.2, 0.25) is 5.95 Å². The molecule has 3 aromatic rings. The van der Waals surface area contributed by atoms with Crippen molar-refractivity contribution in [2.45, 2.75) is 50.7 Å². The number of carbonyl (C=O) groups is 1. The predicted octanol–water partition coefficient (Wildman–Crippen LogP) is 3.08. The second-order valence-corrected chi connectivity index (χ2v) is 7.66. The maximum Gasteiger partial charge on any atom is 0.324 e. The fourth-order valence-corrected chi connectivity index (χ4v) is 4.44. The lowest BCUT2D eigenvalue weighted by Crippen LogP contribution is -2.51. The third-order valence-corrected chi connectivity index (χ3v) is 5.71. The van der Waals surface area contributed by atoms with E-state index in [0.717, 1.165) is 42.1 Å². The van der Waals surface area contributed by atoms with Crippen LogP contribution in [0.2, 0.25) is 0 Å². The lowest BCUT2D eigenvalue weighted by Gasteiger charge is -2.37. The third-order valence-electron chi connectivity index (χ3n) is 5.71. The summed E-state index contributed by atoms with van der Waals surface area (Å²) in [7, 11) is 0. The van der Waals surface area contributed by atoms with Gasteiger partial charge in [-0.3, -0.25) is 5.32 Å². The lowest BCUT2D eigenvalue weighted by molar-refractivity contribution is 0.150. The first kappa shape index (κ1) is 17.1. The van der Waals surface area contributed by atoms with E-state index in [-0.39, 0.29) is 24.2 Å². The van der Waals surface area contributed by atoms with Crippen molar-refractivity contribution < 1.29 is 9.21 Å². The number of amides is 2. The van der Waals surface area contributed by atoms with E-state index in [9.17, 15) is 4.79 Å². The molecule has 3 N–H and O–H groups in total. The molecule has 2 amide bonds. The molecule has 4 heterocycles. The van der Waals surface area contributed by atoms with Crippen LogP contribution in [-0.2, 0) is 0 Å². The molecule has 2 aliphatic rings. The van der Waals surface area contributed by atoms with Crippen molar-refractivity contribution in [1.29, 1.82) is 0 Å². The van der Waals surface area contributed by atoms with Gasteiger partial charge in [-0.25, -0.2) is 19.7 Å². The molecule has 0 saturated carbocycles. The number of hydrogen-bond donors (Lipinski definition) is 2. The molecular formula is C20H22N6O2. The van der Waals surface area contributed by atoms with Crippen molar-refractivity contribution in [2.75, 3.05) is 5.32 Å². The summed E-state index contributed by atoms with van der Waals surface area (Å²) in [5.41, 5.74) is 7.72. The Morgan fingerprint density at radius 3 is 2.71 bits per heavy atom. The first-order valence-electron chi connectivity index (χ1n) is 9.61. The van der Waals surface area contributed by atoms with Crippen LogP contribution in [0.25, 0.3) is 22.2 Å². The number of carbonyl (C=O) groups excluding carboxylic acids is 1. The molecule has 8 heteroatoms. The van der Waals surface area contributed by atoms with E-state index in [1.807, 2.05) is 23.1 Å². The fourth-order valence-electron chi connectivity index (χ4n) is 4.44. The molecule has 2 aromatic heterocycles. The Morgan fingerprint density at radius 2 is 2.00 bits per heavy atom. The molecule has 8 nitrogen and oxygen atoms in total. The van der Waals surface area contributed by atoms with Gasteiger partial charge in [-0.1, -0.05) is 12.1 Å². The van der Waals surface area contributed by atoms with Crippen molar-refractivity contribution in [2.24, 2.45) is 5.73 Å². The van der Waals surface area contributed by atoms with Crippen molar-refractivity contribution in [3.8, 4) is 11.3 Å². The largest absolute Gasteiger partial charge is 0.441 e. The van der Waals surface area contributed by atoms with Gasteiger partial charge >= 0.3 is 6.03 Å². The SMILES string of the molecule is Cc1ncc(-c2ccc3cnc(NC(=O)N4[C@@H]5CC[C@H]4C[C@H](N)C5)nc3c2)o1. The van der Waals surface area contributed by atoms with E-state index in [1.165, 1.54) is 0 Å². The van der Waals surface area contributed by atoms with Crippen LogP contribution in [0.15, 0.2) is 35.0 Å². The van der Waals surface area contributed by atoms with Gasteiger partial charge < -0.3 is 15.1 Å². The number of piperidine rings is 1. The number of aryl methyl sites for hydroxylation is 1. The van der Waals surface area contributed by atoms with Crippen molar-refractivity contribution in [3.05, 3.63) is 36.5 Å². The van der Waals surface area contributed by atoms with Crippen molar-refractivity contribution >= 4 is 22.9 Å². The molecule has 0 aliphatic carbocycles. The highest BCUT2D eigenvalue weighted by molar-refractivity contribution is 5.90. The number of anilines is 1. The molecule has 0 radical (unpaired) electrons. The Bertz CT molecular complexity index is 1030. The highest BCUT2D eigenvalue weighted by Crippen LogP contribution is 2.35. The molecule has 28 heavy (non-hydrogen) atoms. The minimum absolute atomic E-state index is 0.138. The standard InChI is InChI=1S/C20H22N6O2/c1-11-22-10-18(28-11)12-2-3-13-9-23-19(24-17(13)6-12)25-20(27)26-15-4-5-16(26)8-14(21)7-15/h2-3,6,9-10,14-16H,4-5,7-8,21H2,1H3,(H,23,24,25,27)/t14-,15-,16+. The van der Waals surface area contributed by atoms with Gasteiger partial charge in [0.05, 0.1) is 11.7 Å². The molecule has 0 spiro atoms. The Kier molecular flexibility index (Phi) is 4.01. The highest BCUT2D eigenvalue weighted by Gasteiger charge is 2.42. The van der Waals surface area contributed by atoms with Crippen LogP contribution >= 0.6 is 0 Å². The normalized spacial score (nSPS) is 23.9. The molecular weight excluding hydrogens is 356 g/mol. The van der Waals surface area contributed by atoms with E-state index in [4.69, 9.17) is 10.2 Å². The predicted molar refractivity (Wildman–Crippen MR) is 105 cm³/mol. The first-order chi connectivity index (χ1) is 13.6. The maximum atomic E-state index is 12.8. The van der Waals surface area contributed by atoms with Crippen molar-refractivity contribution in [1.82, 2.24) is 19.9 Å². The number of oxazole rings is 1. The number of rotatable bonds is 2. The molecule has 0 unspecified atom stereocenters. The molecule has 2 saturated heterocycles. The number of benzene rings is 1. The summed E-state index contributed by atoms with van der Waals surface area (Å²) in [5.74, 6) is 1.60. The number of nitrogens with one attached hydrogen (secondary N) is 1. The zero-order valence-electron chi connectivity index (χ0n) is 15.6. The molecule has 2 bridgehead atoms. The van der Waals surface area contributed by atoms with Gasteiger partial charge in [0, 0.05) is 42.2 Å². The average molecular weight is 378 g/mol. The lowest BCUT2D eigenvalue weighted by atomic mass is 9.99. The minimum Gasteiger partial charge on any atom is -0.441 e. The number of nitrogens with zero attached hydrogens (tertiary/aromatic N) is 4. The summed E-state index contributed by atoms with van der Waals surface area (Å²) < 4.78 is 5.59. The van der Waals surface area contributed by atoms with Gasteiger partial charge in [0.1, 0.15) is 0 Å². The van der Waals surface area contributed by atoms with Crippen LogP contribution in [0.1, 0.15) is 31.6 Å². The number of nitrogens with two attached hydrogens (primary N) is 1. The minimum atomic E-state index is -0.138. The molecule has 1 aromatic carbocycles. The Labute approximate surface area is 162 Å². The molecule has 5 rings (SSSR count). The van der Waals surface area contributed by atoms with Crippen LogP contribution in [-0.4, -0.2) is 44.0 Å². The van der Waals surface area contributed by atoms with Crippen LogP contribution in [0, 0.1) is 6.92 Å². The highest BCUT2D eigenvalue weighted by atomic mass is 16.4. The topological polar surface area (TPSA) is 110 Å². The summed E-state index contributed by atoms with van der Waals surface area (Å²) in [4.78, 5) is 27.7. The van der Waals surface area contributed by atoms with E-state index in [1.54, 1.807) is 19.3 Å². The molecule has 3 atom stereocenters. The number of aromatic nitrogens is 3. The van der Waals surface area contributed by atoms with Gasteiger partial charge in [-0.15, -0.1) is 0 Å². The third kappa shape index (κ3) is 2.99. The summed E-state index contributed by atoms with van der Waals surface area (Å²) in [5, 5.41) is 3.76. The van der Waals surface area contributed by atoms with Crippen LogP contribution < -0.4 is 11.1 Å². The summed E-state index contributed by atoms with van der Waals surface area (Å²) in [6, 6.07) is 6.28. The smallest absolute Gasteiger partial charge is 0.324 e.